The van der Waals surface area contributed by atoms with E-state index in [0.29, 0.717) is 29.5 Å². The minimum absolute atomic E-state index is 0.142. The number of carbonyl (C=O) groups is 3. The summed E-state index contributed by atoms with van der Waals surface area (Å²) < 4.78 is 10.1. The van der Waals surface area contributed by atoms with Gasteiger partial charge in [-0.2, -0.15) is 0 Å². The molecule has 7 nitrogen and oxygen atoms in total. The molecule has 160 valence electrons. The predicted molar refractivity (Wildman–Crippen MR) is 112 cm³/mol. The largest absolute Gasteiger partial charge is 0.452 e. The van der Waals surface area contributed by atoms with E-state index in [-0.39, 0.29) is 30.2 Å². The average molecular weight is 423 g/mol. The van der Waals surface area contributed by atoms with Crippen molar-refractivity contribution in [1.29, 1.82) is 0 Å². The number of amides is 2. The smallest absolute Gasteiger partial charge is 0.339 e. The van der Waals surface area contributed by atoms with Gasteiger partial charge in [-0.15, -0.1) is 11.8 Å². The van der Waals surface area contributed by atoms with Gasteiger partial charge in [0.1, 0.15) is 0 Å². The lowest BCUT2D eigenvalue weighted by Gasteiger charge is -2.29. The molecule has 2 atom stereocenters. The Hall–Kier alpha value is -2.06. The van der Waals surface area contributed by atoms with E-state index >= 15 is 0 Å². The van der Waals surface area contributed by atoms with E-state index in [1.54, 1.807) is 31.4 Å². The summed E-state index contributed by atoms with van der Waals surface area (Å²) in [7, 11) is 1.57. The highest BCUT2D eigenvalue weighted by Gasteiger charge is 2.23. The molecule has 2 N–H and O–H groups in total. The first kappa shape index (κ1) is 23.2. The van der Waals surface area contributed by atoms with Crippen LogP contribution in [0.4, 0.5) is 0 Å². The van der Waals surface area contributed by atoms with Crippen molar-refractivity contribution in [3.8, 4) is 0 Å². The van der Waals surface area contributed by atoms with Crippen molar-refractivity contribution in [3.05, 3.63) is 29.8 Å². The number of hydrogen-bond acceptors (Lipinski definition) is 6. The molecule has 0 aliphatic heterocycles. The van der Waals surface area contributed by atoms with E-state index in [9.17, 15) is 14.4 Å². The maximum Gasteiger partial charge on any atom is 0.339 e. The van der Waals surface area contributed by atoms with Crippen molar-refractivity contribution in [2.24, 2.45) is 5.92 Å². The molecule has 1 aromatic rings. The third-order valence-electron chi connectivity index (χ3n) is 4.89. The lowest BCUT2D eigenvalue weighted by atomic mass is 9.86. The fourth-order valence-electron chi connectivity index (χ4n) is 3.24. The Morgan fingerprint density at radius 3 is 2.66 bits per heavy atom. The number of methoxy groups -OCH3 is 1. The molecule has 2 amide bonds. The van der Waals surface area contributed by atoms with E-state index in [1.165, 1.54) is 18.2 Å². The summed E-state index contributed by atoms with van der Waals surface area (Å²) in [6, 6.07) is 7.05. The van der Waals surface area contributed by atoms with E-state index < -0.39 is 5.97 Å². The molecule has 0 unspecified atom stereocenters. The molecule has 1 fully saturated rings. The summed E-state index contributed by atoms with van der Waals surface area (Å²) in [6.45, 7) is 2.71. The molecule has 0 radical (unpaired) electrons. The number of esters is 1. The standard InChI is InChI=1S/C21H30N2O5S/c1-15-7-3-5-9-17(15)23-19(24)13-28-21(26)16-8-4-6-10-18(16)29-14-20(25)22-11-12-27-2/h4,6,8,10,15,17H,3,5,7,9,11-14H2,1-2H3,(H,22,25)(H,23,24)/t15-,17+/m1/s1. The Balaban J connectivity index is 1.82. The van der Waals surface area contributed by atoms with Crippen molar-refractivity contribution in [1.82, 2.24) is 10.6 Å². The number of ether oxygens (including phenoxy) is 2. The maximum absolute atomic E-state index is 12.4. The van der Waals surface area contributed by atoms with Crippen LogP contribution in [0.2, 0.25) is 0 Å². The summed E-state index contributed by atoms with van der Waals surface area (Å²) in [5.74, 6) is -0.375. The van der Waals surface area contributed by atoms with Gasteiger partial charge in [-0.25, -0.2) is 4.79 Å². The highest BCUT2D eigenvalue weighted by Crippen LogP contribution is 2.24. The van der Waals surface area contributed by atoms with Crippen molar-refractivity contribution >= 4 is 29.5 Å². The van der Waals surface area contributed by atoms with Gasteiger partial charge in [-0.3, -0.25) is 9.59 Å². The quantitative estimate of drug-likeness (QED) is 0.342. The zero-order chi connectivity index (χ0) is 21.1. The van der Waals surface area contributed by atoms with Gasteiger partial charge in [0, 0.05) is 24.6 Å². The fourth-order valence-corrected chi connectivity index (χ4v) is 4.11. The van der Waals surface area contributed by atoms with Crippen molar-refractivity contribution in [2.45, 2.75) is 43.5 Å². The van der Waals surface area contributed by atoms with Crippen LogP contribution >= 0.6 is 11.8 Å². The van der Waals surface area contributed by atoms with Crippen LogP contribution in [0, 0.1) is 5.92 Å². The van der Waals surface area contributed by atoms with Gasteiger partial charge >= 0.3 is 5.97 Å². The molecular weight excluding hydrogens is 392 g/mol. The molecular formula is C21H30N2O5S. The van der Waals surface area contributed by atoms with Gasteiger partial charge in [-0.05, 0) is 30.9 Å². The Labute approximate surface area is 176 Å². The first-order valence-corrected chi connectivity index (χ1v) is 10.9. The van der Waals surface area contributed by atoms with Crippen LogP contribution in [-0.4, -0.2) is 56.4 Å². The predicted octanol–water partition coefficient (Wildman–Crippen LogP) is 2.39. The van der Waals surface area contributed by atoms with Crippen molar-refractivity contribution in [2.75, 3.05) is 32.6 Å². The van der Waals surface area contributed by atoms with Crippen LogP contribution in [0.1, 0.15) is 43.0 Å². The maximum atomic E-state index is 12.4. The lowest BCUT2D eigenvalue weighted by molar-refractivity contribution is -0.125. The molecule has 1 aliphatic carbocycles. The molecule has 1 aliphatic rings. The van der Waals surface area contributed by atoms with Crippen LogP contribution in [0.5, 0.6) is 0 Å². The average Bonchev–Trinajstić information content (AvgIpc) is 2.72. The molecule has 2 rings (SSSR count). The minimum Gasteiger partial charge on any atom is -0.452 e. The molecule has 0 saturated heterocycles. The van der Waals surface area contributed by atoms with Crippen molar-refractivity contribution < 1.29 is 23.9 Å². The third-order valence-corrected chi connectivity index (χ3v) is 5.96. The van der Waals surface area contributed by atoms with Crippen molar-refractivity contribution in [3.63, 3.8) is 0 Å². The van der Waals surface area contributed by atoms with Crippen LogP contribution in [-0.2, 0) is 19.1 Å². The monoisotopic (exact) mass is 422 g/mol. The van der Waals surface area contributed by atoms with Gasteiger partial charge in [-0.1, -0.05) is 31.9 Å². The SMILES string of the molecule is COCCNC(=O)CSc1ccccc1C(=O)OCC(=O)N[C@H]1CCCC[C@H]1C. The molecule has 1 aromatic carbocycles. The highest BCUT2D eigenvalue weighted by atomic mass is 32.2. The topological polar surface area (TPSA) is 93.7 Å². The van der Waals surface area contributed by atoms with Gasteiger partial charge in [0.05, 0.1) is 17.9 Å². The highest BCUT2D eigenvalue weighted by molar-refractivity contribution is 8.00. The number of hydrogen-bond donors (Lipinski definition) is 2. The Bertz CT molecular complexity index is 697. The molecule has 0 aromatic heterocycles. The number of rotatable bonds is 10. The molecule has 0 bridgehead atoms. The lowest BCUT2D eigenvalue weighted by Crippen LogP contribution is -2.42. The second kappa shape index (κ2) is 12.5. The zero-order valence-corrected chi connectivity index (χ0v) is 17.9. The van der Waals surface area contributed by atoms with E-state index in [2.05, 4.69) is 17.6 Å². The van der Waals surface area contributed by atoms with Gasteiger partial charge in [0.25, 0.3) is 5.91 Å². The zero-order valence-electron chi connectivity index (χ0n) is 17.1. The van der Waals surface area contributed by atoms with Gasteiger partial charge in [0.15, 0.2) is 6.61 Å². The summed E-state index contributed by atoms with van der Waals surface area (Å²) in [5.41, 5.74) is 0.348. The minimum atomic E-state index is -0.570. The molecule has 1 saturated carbocycles. The summed E-state index contributed by atoms with van der Waals surface area (Å²) in [5, 5.41) is 5.70. The van der Waals surface area contributed by atoms with E-state index in [0.717, 1.165) is 19.3 Å². The molecule has 0 heterocycles. The second-order valence-electron chi connectivity index (χ2n) is 7.14. The van der Waals surface area contributed by atoms with Gasteiger partial charge < -0.3 is 20.1 Å². The first-order valence-electron chi connectivity index (χ1n) is 9.95. The van der Waals surface area contributed by atoms with E-state index in [4.69, 9.17) is 9.47 Å². The number of benzene rings is 1. The number of carbonyl (C=O) groups excluding carboxylic acids is 3. The number of thioether (sulfide) groups is 1. The van der Waals surface area contributed by atoms with Crippen LogP contribution in [0.25, 0.3) is 0 Å². The molecule has 0 spiro atoms. The third kappa shape index (κ3) is 8.06. The summed E-state index contributed by atoms with van der Waals surface area (Å²) >= 11 is 1.25. The molecule has 29 heavy (non-hydrogen) atoms. The van der Waals surface area contributed by atoms with Crippen LogP contribution in [0.3, 0.4) is 0 Å². The summed E-state index contributed by atoms with van der Waals surface area (Å²) in [4.78, 5) is 37.1. The fraction of sp³-hybridized carbons (Fsp3) is 0.571. The first-order chi connectivity index (χ1) is 14.0. The van der Waals surface area contributed by atoms with E-state index in [1.807, 2.05) is 0 Å². The molecule has 8 heteroatoms. The Morgan fingerprint density at radius 2 is 1.90 bits per heavy atom. The number of nitrogens with one attached hydrogen (secondary N) is 2. The Morgan fingerprint density at radius 1 is 1.14 bits per heavy atom. The Kier molecular flexibility index (Phi) is 10.0. The van der Waals surface area contributed by atoms with Gasteiger partial charge in [0.2, 0.25) is 5.91 Å². The normalized spacial score (nSPS) is 18.7. The van der Waals surface area contributed by atoms with Crippen LogP contribution < -0.4 is 10.6 Å². The second-order valence-corrected chi connectivity index (χ2v) is 8.16. The summed E-state index contributed by atoms with van der Waals surface area (Å²) in [6.07, 6.45) is 4.38. The van der Waals surface area contributed by atoms with Crippen LogP contribution in [0.15, 0.2) is 29.2 Å².